The van der Waals surface area contributed by atoms with Gasteiger partial charge in [-0.1, -0.05) is 6.07 Å². The predicted molar refractivity (Wildman–Crippen MR) is 41.3 cm³/mol. The molecule has 0 atom stereocenters. The van der Waals surface area contributed by atoms with E-state index >= 15 is 0 Å². The fourth-order valence-corrected chi connectivity index (χ4v) is 0.719. The molecule has 2 nitrogen and oxygen atoms in total. The summed E-state index contributed by atoms with van der Waals surface area (Å²) >= 11 is 0. The van der Waals surface area contributed by atoms with Gasteiger partial charge >= 0.3 is 0 Å². The Labute approximate surface area is 101 Å². The Morgan fingerprint density at radius 1 is 1.45 bits per heavy atom. The van der Waals surface area contributed by atoms with Crippen molar-refractivity contribution in [3.05, 3.63) is 37.0 Å². The van der Waals surface area contributed by atoms with Crippen molar-refractivity contribution in [3.63, 3.8) is 0 Å². The van der Waals surface area contributed by atoms with Crippen molar-refractivity contribution >= 4 is 0 Å². The summed E-state index contributed by atoms with van der Waals surface area (Å²) in [4.78, 5) is 4.13. The second kappa shape index (κ2) is 7.14. The van der Waals surface area contributed by atoms with Crippen molar-refractivity contribution in [1.29, 1.82) is 0 Å². The third-order valence-electron chi connectivity index (χ3n) is 1.21. The molecule has 0 amide bonds. The van der Waals surface area contributed by atoms with Gasteiger partial charge in [-0.25, -0.2) is 0 Å². The van der Waals surface area contributed by atoms with Crippen LogP contribution < -0.4 is 5.32 Å². The summed E-state index contributed by atoms with van der Waals surface area (Å²) in [5, 5.41) is 3.09. The van der Waals surface area contributed by atoms with E-state index in [1.54, 1.807) is 6.20 Å². The van der Waals surface area contributed by atoms with Gasteiger partial charge in [-0.3, -0.25) is 4.98 Å². The third-order valence-corrected chi connectivity index (χ3v) is 1.21. The van der Waals surface area contributed by atoms with Gasteiger partial charge in [-0.15, -0.1) is 6.54 Å². The Hall–Kier alpha value is 0.474. The molecule has 1 radical (unpaired) electrons. The van der Waals surface area contributed by atoms with Crippen LogP contribution >= 0.6 is 0 Å². The molecule has 0 bridgehead atoms. The second-order valence-electron chi connectivity index (χ2n) is 2.00. The van der Waals surface area contributed by atoms with E-state index in [2.05, 4.69) is 17.2 Å². The van der Waals surface area contributed by atoms with Crippen LogP contribution in [0.15, 0.2) is 24.4 Å². The fraction of sp³-hybridized carbons (Fsp3) is 0.250. The normalized spacial score (nSPS) is 8.82. The second-order valence-corrected chi connectivity index (χ2v) is 2.00. The molecule has 0 saturated heterocycles. The molecule has 0 spiro atoms. The van der Waals surface area contributed by atoms with Gasteiger partial charge in [-0.05, 0) is 12.1 Å². The van der Waals surface area contributed by atoms with Crippen LogP contribution in [0, 0.1) is 48.2 Å². The molecule has 1 heterocycles. The van der Waals surface area contributed by atoms with Crippen molar-refractivity contribution in [2.75, 3.05) is 6.54 Å². The van der Waals surface area contributed by atoms with Gasteiger partial charge in [0.15, 0.2) is 0 Å². The number of hydrogen-bond acceptors (Lipinski definition) is 2. The molecule has 1 N–H and O–H groups in total. The molecule has 0 aromatic carbocycles. The first-order valence-corrected chi connectivity index (χ1v) is 3.33. The van der Waals surface area contributed by atoms with E-state index in [0.29, 0.717) is 0 Å². The van der Waals surface area contributed by atoms with Gasteiger partial charge in [0.2, 0.25) is 0 Å². The summed E-state index contributed by atoms with van der Waals surface area (Å²) < 4.78 is 0. The Balaban J connectivity index is 0.000001000. The predicted octanol–water partition coefficient (Wildman–Crippen LogP) is 1.01. The smallest absolute Gasteiger partial charge is 0.0540 e. The van der Waals surface area contributed by atoms with Crippen LogP contribution in [-0.4, -0.2) is 11.5 Å². The molecule has 1 aromatic rings. The molecule has 0 aliphatic heterocycles. The molecule has 11 heavy (non-hydrogen) atoms. The molecule has 0 saturated carbocycles. The van der Waals surface area contributed by atoms with Crippen molar-refractivity contribution in [2.45, 2.75) is 6.54 Å². The van der Waals surface area contributed by atoms with Crippen LogP contribution in [0.2, 0.25) is 0 Å². The van der Waals surface area contributed by atoms with E-state index in [4.69, 9.17) is 0 Å². The number of rotatable bonds is 3. The average Bonchev–Trinajstić information content (AvgIpc) is 2.03. The number of hydrogen-bond donors (Lipinski definition) is 1. The summed E-state index contributed by atoms with van der Waals surface area (Å²) in [5.41, 5.74) is 1.06. The van der Waals surface area contributed by atoms with Gasteiger partial charge in [0.25, 0.3) is 0 Å². The minimum absolute atomic E-state index is 0. The number of nitrogens with zero attached hydrogens (tertiary/aromatic N) is 1. The number of aromatic nitrogens is 1. The van der Waals surface area contributed by atoms with E-state index in [0.717, 1.165) is 18.8 Å². The summed E-state index contributed by atoms with van der Waals surface area (Å²) in [7, 11) is 0. The van der Waals surface area contributed by atoms with Crippen LogP contribution in [0.1, 0.15) is 5.69 Å². The SMILES string of the molecule is [CH2-]CNCc1ccccn1.[Pr]. The third kappa shape index (κ3) is 4.83. The molecule has 0 fully saturated rings. The summed E-state index contributed by atoms with van der Waals surface area (Å²) in [5.74, 6) is 0. The largest absolute Gasteiger partial charge is 0.341 e. The van der Waals surface area contributed by atoms with Gasteiger partial charge < -0.3 is 12.2 Å². The minimum atomic E-state index is 0. The summed E-state index contributed by atoms with van der Waals surface area (Å²) in [6.45, 7) is 5.22. The first-order chi connectivity index (χ1) is 4.93. The molecular weight excluding hydrogens is 265 g/mol. The van der Waals surface area contributed by atoms with Gasteiger partial charge in [0, 0.05) is 54.0 Å². The first kappa shape index (κ1) is 11.5. The molecule has 0 aliphatic carbocycles. The molecule has 57 valence electrons. The van der Waals surface area contributed by atoms with Crippen molar-refractivity contribution in [1.82, 2.24) is 10.3 Å². The summed E-state index contributed by atoms with van der Waals surface area (Å²) in [6, 6.07) is 5.88. The summed E-state index contributed by atoms with van der Waals surface area (Å²) in [6.07, 6.45) is 1.79. The minimum Gasteiger partial charge on any atom is -0.341 e. The first-order valence-electron chi connectivity index (χ1n) is 3.33. The Morgan fingerprint density at radius 3 is 2.82 bits per heavy atom. The van der Waals surface area contributed by atoms with E-state index in [9.17, 15) is 0 Å². The molecule has 3 heteroatoms. The van der Waals surface area contributed by atoms with E-state index in [-0.39, 0.29) is 41.3 Å². The molecule has 0 aliphatic rings. The van der Waals surface area contributed by atoms with Crippen LogP contribution in [0.4, 0.5) is 0 Å². The van der Waals surface area contributed by atoms with Crippen LogP contribution in [0.25, 0.3) is 0 Å². The zero-order valence-corrected chi connectivity index (χ0v) is 10.2. The van der Waals surface area contributed by atoms with Gasteiger partial charge in [0.05, 0.1) is 5.69 Å². The zero-order chi connectivity index (χ0) is 7.23. The topological polar surface area (TPSA) is 24.9 Å². The number of nitrogens with one attached hydrogen (secondary N) is 1. The standard InChI is InChI=1S/C8H11N2.Pr/c1-2-9-7-8-5-3-4-6-10-8;/h3-6,9H,1-2,7H2;/q-1;. The molecule has 1 rings (SSSR count). The zero-order valence-electron chi connectivity index (χ0n) is 6.46. The van der Waals surface area contributed by atoms with E-state index < -0.39 is 0 Å². The molecular formula is C8H11N2Pr-. The van der Waals surface area contributed by atoms with Crippen LogP contribution in [0.5, 0.6) is 0 Å². The molecule has 0 unspecified atom stereocenters. The van der Waals surface area contributed by atoms with Gasteiger partial charge in [-0.2, -0.15) is 0 Å². The maximum atomic E-state index is 4.13. The molecule has 1 aromatic heterocycles. The Bertz CT molecular complexity index is 177. The fourth-order valence-electron chi connectivity index (χ4n) is 0.719. The monoisotopic (exact) mass is 276 g/mol. The van der Waals surface area contributed by atoms with E-state index in [1.165, 1.54) is 0 Å². The Kier molecular flexibility index (Phi) is 7.45. The van der Waals surface area contributed by atoms with E-state index in [1.807, 2.05) is 18.2 Å². The maximum Gasteiger partial charge on any atom is 0.0540 e. The van der Waals surface area contributed by atoms with Crippen LogP contribution in [-0.2, 0) is 6.54 Å². The van der Waals surface area contributed by atoms with Crippen molar-refractivity contribution in [3.8, 4) is 0 Å². The quantitative estimate of drug-likeness (QED) is 0.833. The van der Waals surface area contributed by atoms with Crippen molar-refractivity contribution in [2.24, 2.45) is 0 Å². The van der Waals surface area contributed by atoms with Gasteiger partial charge in [0.1, 0.15) is 0 Å². The number of pyridine rings is 1. The average molecular weight is 276 g/mol. The van der Waals surface area contributed by atoms with Crippen molar-refractivity contribution < 1.29 is 41.3 Å². The Morgan fingerprint density at radius 2 is 2.27 bits per heavy atom. The maximum absolute atomic E-state index is 4.13. The van der Waals surface area contributed by atoms with Crippen LogP contribution in [0.3, 0.4) is 0 Å².